The molecular weight excluding hydrogens is 260 g/mol. The highest BCUT2D eigenvalue weighted by atomic mass is 16.4. The molecule has 3 aromatic rings. The molecule has 0 atom stereocenters. The number of H-pyrrole nitrogens is 1. The highest BCUT2D eigenvalue weighted by Crippen LogP contribution is 2.15. The zero-order chi connectivity index (χ0) is 14.1. The Morgan fingerprint density at radius 3 is 2.80 bits per heavy atom. The Morgan fingerprint density at radius 1 is 1.35 bits per heavy atom. The van der Waals surface area contributed by atoms with Gasteiger partial charge >= 0.3 is 5.97 Å². The van der Waals surface area contributed by atoms with Crippen LogP contribution < -0.4 is 5.56 Å². The van der Waals surface area contributed by atoms with Gasteiger partial charge in [0.1, 0.15) is 5.65 Å². The van der Waals surface area contributed by atoms with Gasteiger partial charge in [0.05, 0.1) is 23.7 Å². The molecule has 0 radical (unpaired) electrons. The van der Waals surface area contributed by atoms with Crippen LogP contribution in [0.15, 0.2) is 41.6 Å². The maximum atomic E-state index is 11.5. The van der Waals surface area contributed by atoms with Crippen molar-refractivity contribution in [2.45, 2.75) is 6.54 Å². The van der Waals surface area contributed by atoms with Crippen LogP contribution in [0.4, 0.5) is 0 Å². The minimum absolute atomic E-state index is 0.0512. The first kappa shape index (κ1) is 12.1. The topological polar surface area (TPSA) is 101 Å². The quantitative estimate of drug-likeness (QED) is 0.735. The molecule has 0 aromatic carbocycles. The van der Waals surface area contributed by atoms with Gasteiger partial charge in [-0.3, -0.25) is 9.78 Å². The molecule has 0 aliphatic heterocycles. The molecule has 3 heterocycles. The van der Waals surface area contributed by atoms with Gasteiger partial charge in [0.15, 0.2) is 0 Å². The van der Waals surface area contributed by atoms with Crippen molar-refractivity contribution in [1.29, 1.82) is 0 Å². The largest absolute Gasteiger partial charge is 0.478 e. The monoisotopic (exact) mass is 270 g/mol. The van der Waals surface area contributed by atoms with E-state index < -0.39 is 11.5 Å². The number of aromatic nitrogens is 4. The molecule has 0 unspecified atom stereocenters. The maximum absolute atomic E-state index is 11.5. The van der Waals surface area contributed by atoms with Gasteiger partial charge in [-0.05, 0) is 17.7 Å². The summed E-state index contributed by atoms with van der Waals surface area (Å²) in [6.45, 7) is 0.422. The van der Waals surface area contributed by atoms with E-state index in [0.717, 1.165) is 11.6 Å². The van der Waals surface area contributed by atoms with Gasteiger partial charge in [0.25, 0.3) is 0 Å². The fraction of sp³-hybridized carbons (Fsp3) is 0.0769. The number of rotatable bonds is 3. The predicted octanol–water partition coefficient (Wildman–Crippen LogP) is 0.866. The summed E-state index contributed by atoms with van der Waals surface area (Å²) in [5.74, 6) is -1.15. The van der Waals surface area contributed by atoms with Crippen molar-refractivity contribution >= 4 is 17.0 Å². The lowest BCUT2D eigenvalue weighted by atomic mass is 10.2. The molecule has 7 heteroatoms. The van der Waals surface area contributed by atoms with Crippen LogP contribution >= 0.6 is 0 Å². The van der Waals surface area contributed by atoms with Crippen LogP contribution in [0.1, 0.15) is 15.9 Å². The zero-order valence-electron chi connectivity index (χ0n) is 10.3. The molecular formula is C13H10N4O3. The molecule has 0 aliphatic rings. The van der Waals surface area contributed by atoms with Crippen LogP contribution in [-0.2, 0) is 6.54 Å². The molecule has 2 N–H and O–H groups in total. The predicted molar refractivity (Wildman–Crippen MR) is 70.7 cm³/mol. The Labute approximate surface area is 112 Å². The van der Waals surface area contributed by atoms with E-state index in [0.29, 0.717) is 17.6 Å². The molecule has 3 aromatic heterocycles. The molecule has 7 nitrogen and oxygen atoms in total. The molecule has 0 spiro atoms. The number of carbonyl (C=O) groups is 1. The average molecular weight is 270 g/mol. The molecule has 0 aliphatic carbocycles. The van der Waals surface area contributed by atoms with E-state index >= 15 is 0 Å². The van der Waals surface area contributed by atoms with Crippen molar-refractivity contribution in [3.05, 3.63) is 58.3 Å². The molecule has 0 saturated carbocycles. The third-order valence-corrected chi connectivity index (χ3v) is 2.96. The van der Waals surface area contributed by atoms with Gasteiger partial charge in [0, 0.05) is 18.5 Å². The third-order valence-electron chi connectivity index (χ3n) is 2.96. The first-order valence-electron chi connectivity index (χ1n) is 5.86. The van der Waals surface area contributed by atoms with E-state index in [-0.39, 0.29) is 5.56 Å². The van der Waals surface area contributed by atoms with Crippen LogP contribution in [-0.4, -0.2) is 30.8 Å². The summed E-state index contributed by atoms with van der Waals surface area (Å²) in [6.07, 6.45) is 4.76. The summed E-state index contributed by atoms with van der Waals surface area (Å²) in [5.41, 5.74) is 0.828. The number of nitrogens with zero attached hydrogens (tertiary/aromatic N) is 3. The molecule has 3 rings (SSSR count). The van der Waals surface area contributed by atoms with E-state index in [4.69, 9.17) is 5.11 Å². The number of hydrogen-bond acceptors (Lipinski definition) is 4. The first-order valence-corrected chi connectivity index (χ1v) is 5.86. The van der Waals surface area contributed by atoms with Gasteiger partial charge < -0.3 is 10.1 Å². The average Bonchev–Trinajstić information content (AvgIpc) is 2.82. The second kappa shape index (κ2) is 4.61. The minimum atomic E-state index is -1.15. The Balaban J connectivity index is 2.14. The van der Waals surface area contributed by atoms with Gasteiger partial charge in [-0.25, -0.2) is 9.48 Å². The molecule has 20 heavy (non-hydrogen) atoms. The Bertz CT molecular complexity index is 836. The molecule has 100 valence electrons. The van der Waals surface area contributed by atoms with Crippen LogP contribution in [0, 0.1) is 0 Å². The Morgan fingerprint density at radius 2 is 2.10 bits per heavy atom. The van der Waals surface area contributed by atoms with Gasteiger partial charge in [-0.15, -0.1) is 0 Å². The number of aromatic carboxylic acids is 1. The number of fused-ring (bicyclic) bond motifs is 1. The van der Waals surface area contributed by atoms with Crippen LogP contribution in [0.2, 0.25) is 0 Å². The standard InChI is InChI=1S/C13H10N4O3/c18-11-5-9(13(19)20)10-6-15-17(12(10)16-11)7-8-1-3-14-4-2-8/h1-6H,7H2,(H,16,18)(H,19,20). The molecule has 0 saturated heterocycles. The van der Waals surface area contributed by atoms with Crippen molar-refractivity contribution in [2.24, 2.45) is 0 Å². The van der Waals surface area contributed by atoms with Crippen molar-refractivity contribution < 1.29 is 9.90 Å². The Hall–Kier alpha value is -2.96. The number of hydrogen-bond donors (Lipinski definition) is 2. The maximum Gasteiger partial charge on any atom is 0.336 e. The lowest BCUT2D eigenvalue weighted by Gasteiger charge is -2.03. The minimum Gasteiger partial charge on any atom is -0.478 e. The van der Waals surface area contributed by atoms with Crippen molar-refractivity contribution in [3.8, 4) is 0 Å². The van der Waals surface area contributed by atoms with Crippen molar-refractivity contribution in [3.63, 3.8) is 0 Å². The summed E-state index contributed by atoms with van der Waals surface area (Å²) >= 11 is 0. The van der Waals surface area contributed by atoms with E-state index in [1.807, 2.05) is 12.1 Å². The van der Waals surface area contributed by atoms with Crippen LogP contribution in [0.5, 0.6) is 0 Å². The fourth-order valence-electron chi connectivity index (χ4n) is 2.03. The summed E-state index contributed by atoms with van der Waals surface area (Å²) in [7, 11) is 0. The fourth-order valence-corrected chi connectivity index (χ4v) is 2.03. The first-order chi connectivity index (χ1) is 9.65. The number of carboxylic acids is 1. The van der Waals surface area contributed by atoms with E-state index in [9.17, 15) is 9.59 Å². The summed E-state index contributed by atoms with van der Waals surface area (Å²) < 4.78 is 1.55. The molecule has 0 fully saturated rings. The summed E-state index contributed by atoms with van der Waals surface area (Å²) in [4.78, 5) is 29.2. The SMILES string of the molecule is O=C(O)c1cc(=O)[nH]c2c1cnn2Cc1ccncc1. The smallest absolute Gasteiger partial charge is 0.336 e. The highest BCUT2D eigenvalue weighted by molar-refractivity contribution is 6.01. The molecule has 0 bridgehead atoms. The second-order valence-corrected chi connectivity index (χ2v) is 4.27. The normalized spacial score (nSPS) is 10.8. The highest BCUT2D eigenvalue weighted by Gasteiger charge is 2.14. The number of aromatic amines is 1. The molecule has 0 amide bonds. The van der Waals surface area contributed by atoms with E-state index in [1.165, 1.54) is 6.20 Å². The van der Waals surface area contributed by atoms with Crippen LogP contribution in [0.25, 0.3) is 11.0 Å². The lowest BCUT2D eigenvalue weighted by molar-refractivity contribution is 0.0699. The Kier molecular flexibility index (Phi) is 2.79. The van der Waals surface area contributed by atoms with E-state index in [2.05, 4.69) is 15.1 Å². The van der Waals surface area contributed by atoms with Crippen molar-refractivity contribution in [2.75, 3.05) is 0 Å². The van der Waals surface area contributed by atoms with Crippen LogP contribution in [0.3, 0.4) is 0 Å². The van der Waals surface area contributed by atoms with Gasteiger partial charge in [-0.1, -0.05) is 0 Å². The zero-order valence-corrected chi connectivity index (χ0v) is 10.3. The lowest BCUT2D eigenvalue weighted by Crippen LogP contribution is -2.12. The van der Waals surface area contributed by atoms with Gasteiger partial charge in [0.2, 0.25) is 5.56 Å². The van der Waals surface area contributed by atoms with E-state index in [1.54, 1.807) is 17.1 Å². The second-order valence-electron chi connectivity index (χ2n) is 4.27. The number of nitrogens with one attached hydrogen (secondary N) is 1. The summed E-state index contributed by atoms with van der Waals surface area (Å²) in [6, 6.07) is 4.71. The number of carboxylic acid groups (broad SMARTS) is 1. The third kappa shape index (κ3) is 2.05. The van der Waals surface area contributed by atoms with Crippen molar-refractivity contribution in [1.82, 2.24) is 19.7 Å². The summed E-state index contributed by atoms with van der Waals surface area (Å²) in [5, 5.41) is 13.7. The number of pyridine rings is 2. The van der Waals surface area contributed by atoms with Gasteiger partial charge in [-0.2, -0.15) is 5.10 Å².